The Hall–Kier alpha value is -2.03. The molecule has 2 aliphatic rings. The van der Waals surface area contributed by atoms with E-state index in [4.69, 9.17) is 0 Å². The normalized spacial score (nSPS) is 18.0. The fourth-order valence-corrected chi connectivity index (χ4v) is 3.98. The number of nitrogens with zero attached hydrogens (tertiary/aromatic N) is 5. The number of piperidine rings is 1. The Morgan fingerprint density at radius 3 is 2.74 bits per heavy atom. The van der Waals surface area contributed by atoms with Gasteiger partial charge in [0.05, 0.1) is 11.5 Å². The number of nitrogens with one attached hydrogen (secondary N) is 1. The molecule has 0 spiro atoms. The lowest BCUT2D eigenvalue weighted by Crippen LogP contribution is -2.34. The summed E-state index contributed by atoms with van der Waals surface area (Å²) >= 11 is 0. The molecule has 1 aromatic carbocycles. The standard InChI is InChI=1S/C18H24N6O2.ClH/c1-13-10-16(24(25)26)3-2-15(13)12-22-7-4-14(5-8-22)18-21-20-17-11-19-6-9-23(17)18;/h2-3,10,14,19H,4-9,11-12H2,1H3;1H. The van der Waals surface area contributed by atoms with E-state index in [0.717, 1.165) is 69.3 Å². The van der Waals surface area contributed by atoms with Crippen LogP contribution in [0.2, 0.25) is 0 Å². The summed E-state index contributed by atoms with van der Waals surface area (Å²) in [6, 6.07) is 5.16. The van der Waals surface area contributed by atoms with Crippen molar-refractivity contribution in [1.82, 2.24) is 25.0 Å². The fourth-order valence-electron chi connectivity index (χ4n) is 3.98. The molecular formula is C18H25ClN6O2. The maximum atomic E-state index is 10.9. The van der Waals surface area contributed by atoms with E-state index in [1.165, 1.54) is 5.56 Å². The summed E-state index contributed by atoms with van der Waals surface area (Å²) in [5, 5.41) is 23.0. The summed E-state index contributed by atoms with van der Waals surface area (Å²) in [5.74, 6) is 2.67. The summed E-state index contributed by atoms with van der Waals surface area (Å²) in [5.41, 5.74) is 2.32. The topological polar surface area (TPSA) is 89.1 Å². The zero-order valence-corrected chi connectivity index (χ0v) is 16.2. The second-order valence-corrected chi connectivity index (χ2v) is 7.22. The molecule has 2 aliphatic heterocycles. The molecule has 146 valence electrons. The average molecular weight is 393 g/mol. The van der Waals surface area contributed by atoms with E-state index < -0.39 is 0 Å². The smallest absolute Gasteiger partial charge is 0.269 e. The van der Waals surface area contributed by atoms with Gasteiger partial charge in [-0.15, -0.1) is 22.6 Å². The zero-order valence-electron chi connectivity index (χ0n) is 15.4. The number of aromatic nitrogens is 3. The van der Waals surface area contributed by atoms with E-state index >= 15 is 0 Å². The maximum Gasteiger partial charge on any atom is 0.269 e. The van der Waals surface area contributed by atoms with Gasteiger partial charge in [-0.25, -0.2) is 0 Å². The first kappa shape index (κ1) is 19.7. The van der Waals surface area contributed by atoms with Crippen molar-refractivity contribution in [2.45, 2.75) is 45.3 Å². The van der Waals surface area contributed by atoms with Crippen molar-refractivity contribution in [3.05, 3.63) is 51.1 Å². The highest BCUT2D eigenvalue weighted by molar-refractivity contribution is 5.85. The van der Waals surface area contributed by atoms with Crippen molar-refractivity contribution >= 4 is 18.1 Å². The van der Waals surface area contributed by atoms with E-state index in [1.54, 1.807) is 12.1 Å². The van der Waals surface area contributed by atoms with Crippen LogP contribution in [0.25, 0.3) is 0 Å². The van der Waals surface area contributed by atoms with Gasteiger partial charge < -0.3 is 9.88 Å². The SMILES string of the molecule is Cc1cc([N+](=O)[O-])ccc1CN1CCC(c2nnc3n2CCNC3)CC1.Cl. The molecule has 0 atom stereocenters. The molecule has 0 amide bonds. The van der Waals surface area contributed by atoms with Gasteiger partial charge in [0.2, 0.25) is 0 Å². The van der Waals surface area contributed by atoms with Crippen LogP contribution in [0, 0.1) is 17.0 Å². The summed E-state index contributed by atoms with van der Waals surface area (Å²) in [6.45, 7) is 7.58. The second kappa shape index (κ2) is 8.33. The molecule has 0 bridgehead atoms. The second-order valence-electron chi connectivity index (χ2n) is 7.22. The molecule has 0 aliphatic carbocycles. The van der Waals surface area contributed by atoms with E-state index in [0.29, 0.717) is 5.92 Å². The van der Waals surface area contributed by atoms with E-state index in [9.17, 15) is 10.1 Å². The summed E-state index contributed by atoms with van der Waals surface area (Å²) in [6.07, 6.45) is 2.16. The Balaban J connectivity index is 0.00000210. The quantitative estimate of drug-likeness (QED) is 0.634. The van der Waals surface area contributed by atoms with Crippen molar-refractivity contribution < 1.29 is 4.92 Å². The van der Waals surface area contributed by atoms with Gasteiger partial charge in [-0.05, 0) is 44.0 Å². The van der Waals surface area contributed by atoms with Crippen LogP contribution >= 0.6 is 12.4 Å². The molecular weight excluding hydrogens is 368 g/mol. The van der Waals surface area contributed by atoms with Crippen molar-refractivity contribution in [2.24, 2.45) is 0 Å². The van der Waals surface area contributed by atoms with E-state index in [-0.39, 0.29) is 23.0 Å². The molecule has 8 nitrogen and oxygen atoms in total. The Bertz CT molecular complexity index is 816. The number of hydrogen-bond donors (Lipinski definition) is 1. The van der Waals surface area contributed by atoms with Crippen LogP contribution in [0.3, 0.4) is 0 Å². The Morgan fingerprint density at radius 1 is 1.26 bits per heavy atom. The molecule has 9 heteroatoms. The number of aryl methyl sites for hydroxylation is 1. The number of non-ortho nitro benzene ring substituents is 1. The Labute approximate surface area is 164 Å². The van der Waals surface area contributed by atoms with Gasteiger partial charge in [0.1, 0.15) is 11.6 Å². The highest BCUT2D eigenvalue weighted by Gasteiger charge is 2.27. The molecule has 0 unspecified atom stereocenters. The van der Waals surface area contributed by atoms with Gasteiger partial charge in [-0.2, -0.15) is 0 Å². The summed E-state index contributed by atoms with van der Waals surface area (Å²) < 4.78 is 2.29. The number of rotatable bonds is 4. The van der Waals surface area contributed by atoms with Gasteiger partial charge >= 0.3 is 0 Å². The minimum absolute atomic E-state index is 0. The van der Waals surface area contributed by atoms with Crippen molar-refractivity contribution in [3.63, 3.8) is 0 Å². The zero-order chi connectivity index (χ0) is 18.1. The number of benzene rings is 1. The lowest BCUT2D eigenvalue weighted by atomic mass is 9.95. The van der Waals surface area contributed by atoms with Gasteiger partial charge in [0.15, 0.2) is 0 Å². The van der Waals surface area contributed by atoms with Crippen LogP contribution in [-0.2, 0) is 19.6 Å². The highest BCUT2D eigenvalue weighted by atomic mass is 35.5. The van der Waals surface area contributed by atoms with Gasteiger partial charge in [0.25, 0.3) is 5.69 Å². The lowest BCUT2D eigenvalue weighted by Gasteiger charge is -2.32. The lowest BCUT2D eigenvalue weighted by molar-refractivity contribution is -0.384. The fraction of sp³-hybridized carbons (Fsp3) is 0.556. The summed E-state index contributed by atoms with van der Waals surface area (Å²) in [7, 11) is 0. The third kappa shape index (κ3) is 4.12. The number of hydrogen-bond acceptors (Lipinski definition) is 6. The Morgan fingerprint density at radius 2 is 2.04 bits per heavy atom. The molecule has 1 N–H and O–H groups in total. The first-order valence-electron chi connectivity index (χ1n) is 9.21. The first-order chi connectivity index (χ1) is 12.6. The van der Waals surface area contributed by atoms with Gasteiger partial charge in [-0.1, -0.05) is 6.07 Å². The number of halogens is 1. The van der Waals surface area contributed by atoms with E-state index in [1.807, 2.05) is 13.0 Å². The number of fused-ring (bicyclic) bond motifs is 1. The Kier molecular flexibility index (Phi) is 6.08. The van der Waals surface area contributed by atoms with Crippen molar-refractivity contribution in [2.75, 3.05) is 19.6 Å². The molecule has 4 rings (SSSR count). The van der Waals surface area contributed by atoms with Crippen LogP contribution in [0.1, 0.15) is 41.5 Å². The van der Waals surface area contributed by atoms with E-state index in [2.05, 4.69) is 25.0 Å². The van der Waals surface area contributed by atoms with Crippen molar-refractivity contribution in [3.8, 4) is 0 Å². The predicted molar refractivity (Wildman–Crippen MR) is 104 cm³/mol. The highest BCUT2D eigenvalue weighted by Crippen LogP contribution is 2.29. The molecule has 3 heterocycles. The minimum atomic E-state index is -0.336. The number of nitro benzene ring substituents is 1. The maximum absolute atomic E-state index is 10.9. The van der Waals surface area contributed by atoms with Crippen LogP contribution in [0.15, 0.2) is 18.2 Å². The molecule has 1 aromatic heterocycles. The molecule has 0 radical (unpaired) electrons. The predicted octanol–water partition coefficient (Wildman–Crippen LogP) is 2.40. The van der Waals surface area contributed by atoms with Crippen LogP contribution in [-0.4, -0.2) is 44.2 Å². The molecule has 1 fully saturated rings. The van der Waals surface area contributed by atoms with Crippen molar-refractivity contribution in [1.29, 1.82) is 0 Å². The summed E-state index contributed by atoms with van der Waals surface area (Å²) in [4.78, 5) is 13.0. The van der Waals surface area contributed by atoms with Crippen LogP contribution < -0.4 is 5.32 Å². The third-order valence-electron chi connectivity index (χ3n) is 5.53. The largest absolute Gasteiger partial charge is 0.312 e. The number of nitro groups is 1. The monoisotopic (exact) mass is 392 g/mol. The molecule has 2 aromatic rings. The minimum Gasteiger partial charge on any atom is -0.312 e. The van der Waals surface area contributed by atoms with Gasteiger partial charge in [0, 0.05) is 37.7 Å². The van der Waals surface area contributed by atoms with Gasteiger partial charge in [-0.3, -0.25) is 15.0 Å². The van der Waals surface area contributed by atoms with Crippen LogP contribution in [0.4, 0.5) is 5.69 Å². The molecule has 0 saturated carbocycles. The molecule has 1 saturated heterocycles. The van der Waals surface area contributed by atoms with Crippen LogP contribution in [0.5, 0.6) is 0 Å². The number of likely N-dealkylation sites (tertiary alicyclic amines) is 1. The average Bonchev–Trinajstić information content (AvgIpc) is 3.08. The molecule has 27 heavy (non-hydrogen) atoms. The third-order valence-corrected chi connectivity index (χ3v) is 5.53. The first-order valence-corrected chi connectivity index (χ1v) is 9.21.